The van der Waals surface area contributed by atoms with E-state index >= 15 is 0 Å². The van der Waals surface area contributed by atoms with Crippen LogP contribution in [0.25, 0.3) is 0 Å². The molecule has 0 heterocycles. The second-order valence-corrected chi connectivity index (χ2v) is 4.02. The summed E-state index contributed by atoms with van der Waals surface area (Å²) in [5.41, 5.74) is 2.90. The topological polar surface area (TPSA) is 58.4 Å². The Balaban J connectivity index is 2.86. The molecule has 1 aromatic rings. The van der Waals surface area contributed by atoms with Gasteiger partial charge in [-0.15, -0.1) is 0 Å². The maximum absolute atomic E-state index is 13.5. The normalized spacial score (nSPS) is 10.6. The lowest BCUT2D eigenvalue weighted by Crippen LogP contribution is -2.30. The van der Waals surface area contributed by atoms with Crippen LogP contribution in [0.4, 0.5) is 4.39 Å². The molecule has 3 N–H and O–H groups in total. The first-order chi connectivity index (χ1) is 8.08. The van der Waals surface area contributed by atoms with Crippen LogP contribution in [0, 0.1) is 5.82 Å². The molecule has 17 heavy (non-hydrogen) atoms. The molecule has 0 saturated heterocycles. The number of nitrogen functional groups attached to an aromatic ring is 1. The fourth-order valence-electron chi connectivity index (χ4n) is 1.67. The number of carbonyl (C=O) groups is 1. The number of rotatable bonds is 5. The molecule has 0 aliphatic carbocycles. The van der Waals surface area contributed by atoms with Crippen LogP contribution < -0.4 is 11.3 Å². The average Bonchev–Trinajstić information content (AvgIpc) is 2.31. The van der Waals surface area contributed by atoms with Gasteiger partial charge in [-0.05, 0) is 38.2 Å². The molecule has 5 heteroatoms. The minimum Gasteiger partial charge on any atom is -0.302 e. The van der Waals surface area contributed by atoms with Crippen molar-refractivity contribution in [3.63, 3.8) is 0 Å². The first kappa shape index (κ1) is 13.6. The zero-order valence-electron chi connectivity index (χ0n) is 10.2. The highest BCUT2D eigenvalue weighted by molar-refractivity contribution is 5.93. The summed E-state index contributed by atoms with van der Waals surface area (Å²) >= 11 is 0. The largest absolute Gasteiger partial charge is 0.302 e. The van der Waals surface area contributed by atoms with Crippen LogP contribution in [0.1, 0.15) is 29.3 Å². The van der Waals surface area contributed by atoms with Crippen LogP contribution in [0.2, 0.25) is 0 Å². The van der Waals surface area contributed by atoms with Gasteiger partial charge in [-0.2, -0.15) is 0 Å². The van der Waals surface area contributed by atoms with Crippen molar-refractivity contribution in [2.45, 2.75) is 19.9 Å². The van der Waals surface area contributed by atoms with Gasteiger partial charge in [-0.1, -0.05) is 6.92 Å². The van der Waals surface area contributed by atoms with Crippen molar-refractivity contribution in [1.29, 1.82) is 0 Å². The summed E-state index contributed by atoms with van der Waals surface area (Å²) in [6.45, 7) is 3.42. The number of nitrogens with two attached hydrogens (primary N) is 1. The van der Waals surface area contributed by atoms with E-state index in [9.17, 15) is 9.18 Å². The van der Waals surface area contributed by atoms with Crippen LogP contribution in [-0.2, 0) is 6.54 Å². The first-order valence-electron chi connectivity index (χ1n) is 5.56. The number of nitrogens with zero attached hydrogens (tertiary/aromatic N) is 1. The predicted octanol–water partition coefficient (Wildman–Crippen LogP) is 1.27. The minimum absolute atomic E-state index is 0.304. The standard InChI is InChI=1S/C12H18FN3O/c1-3-6-16(2)8-10-7-9(12(17)15-14)4-5-11(10)13/h4-5,7H,3,6,8,14H2,1-2H3,(H,15,17). The van der Waals surface area contributed by atoms with Gasteiger partial charge in [0.15, 0.2) is 0 Å². The Kier molecular flexibility index (Phi) is 5.06. The third-order valence-electron chi connectivity index (χ3n) is 2.48. The van der Waals surface area contributed by atoms with Crippen molar-refractivity contribution in [3.05, 3.63) is 35.1 Å². The van der Waals surface area contributed by atoms with Crippen molar-refractivity contribution >= 4 is 5.91 Å². The number of halogens is 1. The van der Waals surface area contributed by atoms with Crippen molar-refractivity contribution in [3.8, 4) is 0 Å². The smallest absolute Gasteiger partial charge is 0.265 e. The molecule has 0 aliphatic rings. The van der Waals surface area contributed by atoms with Crippen molar-refractivity contribution in [2.24, 2.45) is 5.84 Å². The van der Waals surface area contributed by atoms with Gasteiger partial charge in [0, 0.05) is 17.7 Å². The number of carbonyl (C=O) groups excluding carboxylic acids is 1. The Morgan fingerprint density at radius 3 is 2.82 bits per heavy atom. The Morgan fingerprint density at radius 1 is 1.53 bits per heavy atom. The zero-order chi connectivity index (χ0) is 12.8. The lowest BCUT2D eigenvalue weighted by Gasteiger charge is -2.16. The highest BCUT2D eigenvalue weighted by atomic mass is 19.1. The Morgan fingerprint density at radius 2 is 2.24 bits per heavy atom. The molecule has 0 aliphatic heterocycles. The van der Waals surface area contributed by atoms with Gasteiger partial charge in [0.1, 0.15) is 5.82 Å². The molecule has 0 atom stereocenters. The van der Waals surface area contributed by atoms with E-state index in [-0.39, 0.29) is 5.82 Å². The van der Waals surface area contributed by atoms with Gasteiger partial charge in [0.05, 0.1) is 0 Å². The second-order valence-electron chi connectivity index (χ2n) is 4.02. The number of hydrogen-bond acceptors (Lipinski definition) is 3. The maximum Gasteiger partial charge on any atom is 0.265 e. The highest BCUT2D eigenvalue weighted by Crippen LogP contribution is 2.12. The first-order valence-corrected chi connectivity index (χ1v) is 5.56. The van der Waals surface area contributed by atoms with Gasteiger partial charge in [-0.3, -0.25) is 10.2 Å². The van der Waals surface area contributed by atoms with Crippen LogP contribution in [0.5, 0.6) is 0 Å². The van der Waals surface area contributed by atoms with Gasteiger partial charge in [0.25, 0.3) is 5.91 Å². The molecule has 1 rings (SSSR count). The number of amides is 1. The summed E-state index contributed by atoms with van der Waals surface area (Å²) in [6.07, 6.45) is 1.00. The zero-order valence-corrected chi connectivity index (χ0v) is 10.2. The quantitative estimate of drug-likeness (QED) is 0.462. The van der Waals surface area contributed by atoms with Crippen molar-refractivity contribution in [1.82, 2.24) is 10.3 Å². The van der Waals surface area contributed by atoms with Gasteiger partial charge >= 0.3 is 0 Å². The second kappa shape index (κ2) is 6.32. The average molecular weight is 239 g/mol. The predicted molar refractivity (Wildman–Crippen MR) is 64.7 cm³/mol. The fraction of sp³-hybridized carbons (Fsp3) is 0.417. The van der Waals surface area contributed by atoms with E-state index in [4.69, 9.17) is 5.84 Å². The van der Waals surface area contributed by atoms with Gasteiger partial charge < -0.3 is 4.90 Å². The summed E-state index contributed by atoms with van der Waals surface area (Å²) in [4.78, 5) is 13.3. The van der Waals surface area contributed by atoms with Crippen LogP contribution >= 0.6 is 0 Å². The van der Waals surface area contributed by atoms with E-state index in [1.165, 1.54) is 18.2 Å². The lowest BCUT2D eigenvalue weighted by molar-refractivity contribution is 0.0953. The molecule has 0 saturated carbocycles. The summed E-state index contributed by atoms with van der Waals surface area (Å²) < 4.78 is 13.5. The molecule has 0 bridgehead atoms. The Hall–Kier alpha value is -1.46. The molecule has 0 radical (unpaired) electrons. The van der Waals surface area contributed by atoms with Crippen molar-refractivity contribution < 1.29 is 9.18 Å². The monoisotopic (exact) mass is 239 g/mol. The molecular formula is C12H18FN3O. The van der Waals surface area contributed by atoms with E-state index < -0.39 is 5.91 Å². The van der Waals surface area contributed by atoms with Crippen LogP contribution in [0.3, 0.4) is 0 Å². The van der Waals surface area contributed by atoms with E-state index in [0.717, 1.165) is 13.0 Å². The SMILES string of the molecule is CCCN(C)Cc1cc(C(=O)NN)ccc1F. The van der Waals surface area contributed by atoms with E-state index in [1.807, 2.05) is 17.4 Å². The molecule has 0 unspecified atom stereocenters. The number of nitrogens with one attached hydrogen (secondary N) is 1. The van der Waals surface area contributed by atoms with E-state index in [1.54, 1.807) is 0 Å². The third-order valence-corrected chi connectivity index (χ3v) is 2.48. The number of hydrazine groups is 1. The van der Waals surface area contributed by atoms with E-state index in [0.29, 0.717) is 17.7 Å². The van der Waals surface area contributed by atoms with Crippen LogP contribution in [-0.4, -0.2) is 24.4 Å². The highest BCUT2D eigenvalue weighted by Gasteiger charge is 2.10. The number of hydrogen-bond donors (Lipinski definition) is 2. The molecule has 0 aromatic heterocycles. The molecule has 0 fully saturated rings. The summed E-state index contributed by atoms with van der Waals surface area (Å²) in [7, 11) is 1.92. The maximum atomic E-state index is 13.5. The number of benzene rings is 1. The van der Waals surface area contributed by atoms with Crippen LogP contribution in [0.15, 0.2) is 18.2 Å². The van der Waals surface area contributed by atoms with Gasteiger partial charge in [-0.25, -0.2) is 10.2 Å². The molecule has 0 spiro atoms. The minimum atomic E-state index is -0.413. The lowest BCUT2D eigenvalue weighted by atomic mass is 10.1. The summed E-state index contributed by atoms with van der Waals surface area (Å²) in [5.74, 6) is 4.32. The molecule has 1 amide bonds. The molecule has 4 nitrogen and oxygen atoms in total. The molecular weight excluding hydrogens is 221 g/mol. The summed E-state index contributed by atoms with van der Waals surface area (Å²) in [5, 5.41) is 0. The molecule has 94 valence electrons. The summed E-state index contributed by atoms with van der Waals surface area (Å²) in [6, 6.07) is 4.24. The Labute approximate surface area is 101 Å². The molecule has 1 aromatic carbocycles. The van der Waals surface area contributed by atoms with Gasteiger partial charge in [0.2, 0.25) is 0 Å². The Bertz CT molecular complexity index is 395. The van der Waals surface area contributed by atoms with E-state index in [2.05, 4.69) is 6.92 Å². The van der Waals surface area contributed by atoms with Crippen molar-refractivity contribution in [2.75, 3.05) is 13.6 Å². The fourth-order valence-corrected chi connectivity index (χ4v) is 1.67. The third kappa shape index (κ3) is 3.80.